The topological polar surface area (TPSA) is 96.0 Å². The molecule has 98 valence electrons. The first kappa shape index (κ1) is 12.7. The van der Waals surface area contributed by atoms with E-state index in [-0.39, 0.29) is 18.3 Å². The number of hydrogen-bond donors (Lipinski definition) is 3. The van der Waals surface area contributed by atoms with Gasteiger partial charge in [0, 0.05) is 13.1 Å². The summed E-state index contributed by atoms with van der Waals surface area (Å²) in [6.45, 7) is 1.70. The maximum Gasteiger partial charge on any atom is 0.335 e. The Bertz CT molecular complexity index is 450. The van der Waals surface area contributed by atoms with Gasteiger partial charge >= 0.3 is 5.97 Å². The van der Waals surface area contributed by atoms with Crippen molar-refractivity contribution in [2.75, 3.05) is 36.9 Å². The van der Waals surface area contributed by atoms with Gasteiger partial charge in [0.2, 0.25) is 0 Å². The molecule has 1 saturated heterocycles. The molecule has 4 N–H and O–H groups in total. The van der Waals surface area contributed by atoms with Crippen LogP contribution in [-0.4, -0.2) is 48.6 Å². The summed E-state index contributed by atoms with van der Waals surface area (Å²) in [4.78, 5) is 12.8. The van der Waals surface area contributed by atoms with Gasteiger partial charge in [-0.2, -0.15) is 0 Å². The Morgan fingerprint density at radius 1 is 1.56 bits per heavy atom. The molecule has 0 spiro atoms. The Morgan fingerprint density at radius 2 is 2.33 bits per heavy atom. The van der Waals surface area contributed by atoms with E-state index in [9.17, 15) is 4.79 Å². The minimum Gasteiger partial charge on any atom is -0.478 e. The van der Waals surface area contributed by atoms with Crippen LogP contribution < -0.4 is 10.6 Å². The molecule has 1 aromatic carbocycles. The number of benzene rings is 1. The highest BCUT2D eigenvalue weighted by Gasteiger charge is 2.21. The zero-order chi connectivity index (χ0) is 13.1. The van der Waals surface area contributed by atoms with Gasteiger partial charge in [0.15, 0.2) is 0 Å². The first-order valence-electron chi connectivity index (χ1n) is 5.72. The van der Waals surface area contributed by atoms with Gasteiger partial charge in [0.1, 0.15) is 0 Å². The number of nitrogens with two attached hydrogens (primary N) is 1. The largest absolute Gasteiger partial charge is 0.478 e. The van der Waals surface area contributed by atoms with Gasteiger partial charge < -0.3 is 25.6 Å². The molecule has 0 saturated carbocycles. The van der Waals surface area contributed by atoms with Crippen molar-refractivity contribution in [2.45, 2.75) is 6.10 Å². The summed E-state index contributed by atoms with van der Waals surface area (Å²) < 4.78 is 5.35. The van der Waals surface area contributed by atoms with E-state index in [0.29, 0.717) is 25.4 Å². The van der Waals surface area contributed by atoms with Crippen molar-refractivity contribution in [2.24, 2.45) is 0 Å². The number of carboxylic acid groups (broad SMARTS) is 1. The van der Waals surface area contributed by atoms with Gasteiger partial charge in [-0.1, -0.05) is 0 Å². The number of anilines is 2. The average molecular weight is 252 g/mol. The number of nitrogens with zero attached hydrogens (tertiary/aromatic N) is 1. The molecule has 1 fully saturated rings. The molecule has 0 aromatic heterocycles. The van der Waals surface area contributed by atoms with Gasteiger partial charge in [-0.05, 0) is 18.2 Å². The lowest BCUT2D eigenvalue weighted by Gasteiger charge is -2.34. The molecule has 1 aliphatic rings. The number of rotatable bonds is 3. The fraction of sp³-hybridized carbons (Fsp3) is 0.417. The van der Waals surface area contributed by atoms with E-state index < -0.39 is 5.97 Å². The second kappa shape index (κ2) is 5.24. The number of ether oxygens (including phenoxy) is 1. The molecule has 1 unspecified atom stereocenters. The molecule has 0 radical (unpaired) electrons. The maximum absolute atomic E-state index is 10.8. The number of carbonyl (C=O) groups is 1. The lowest BCUT2D eigenvalue weighted by atomic mass is 10.1. The van der Waals surface area contributed by atoms with Crippen LogP contribution in [0.15, 0.2) is 18.2 Å². The summed E-state index contributed by atoms with van der Waals surface area (Å²) in [5.41, 5.74) is 7.24. The molecule has 2 rings (SSSR count). The van der Waals surface area contributed by atoms with Gasteiger partial charge in [0.05, 0.1) is 36.3 Å². The molecular weight excluding hydrogens is 236 g/mol. The number of aromatic carboxylic acids is 1. The average Bonchev–Trinajstić information content (AvgIpc) is 2.38. The Balaban J connectivity index is 2.20. The summed E-state index contributed by atoms with van der Waals surface area (Å²) in [5, 5.41) is 17.9. The maximum atomic E-state index is 10.8. The molecular formula is C12H16N2O4. The highest BCUT2D eigenvalue weighted by Crippen LogP contribution is 2.26. The van der Waals surface area contributed by atoms with Crippen molar-refractivity contribution in [1.29, 1.82) is 0 Å². The lowest BCUT2D eigenvalue weighted by molar-refractivity contribution is 0.00360. The predicted octanol–water partition coefficient (Wildman–Crippen LogP) is 0.164. The van der Waals surface area contributed by atoms with Crippen molar-refractivity contribution in [3.05, 3.63) is 23.8 Å². The van der Waals surface area contributed by atoms with Crippen LogP contribution in [0.3, 0.4) is 0 Å². The smallest absolute Gasteiger partial charge is 0.335 e. The fourth-order valence-corrected chi connectivity index (χ4v) is 2.02. The van der Waals surface area contributed by atoms with Crippen LogP contribution in [0, 0.1) is 0 Å². The molecule has 6 heteroatoms. The van der Waals surface area contributed by atoms with E-state index in [1.807, 2.05) is 4.90 Å². The minimum atomic E-state index is -0.997. The highest BCUT2D eigenvalue weighted by molar-refractivity contribution is 5.90. The molecule has 0 amide bonds. The van der Waals surface area contributed by atoms with Crippen LogP contribution in [-0.2, 0) is 4.74 Å². The molecule has 1 heterocycles. The van der Waals surface area contributed by atoms with Crippen molar-refractivity contribution in [3.63, 3.8) is 0 Å². The van der Waals surface area contributed by atoms with E-state index in [1.54, 1.807) is 6.07 Å². The van der Waals surface area contributed by atoms with Gasteiger partial charge in [0.25, 0.3) is 0 Å². The highest BCUT2D eigenvalue weighted by atomic mass is 16.5. The Morgan fingerprint density at radius 3 is 2.94 bits per heavy atom. The van der Waals surface area contributed by atoms with E-state index in [1.165, 1.54) is 12.1 Å². The number of hydrogen-bond acceptors (Lipinski definition) is 5. The van der Waals surface area contributed by atoms with E-state index in [4.69, 9.17) is 20.7 Å². The Hall–Kier alpha value is -1.79. The zero-order valence-electron chi connectivity index (χ0n) is 9.87. The lowest BCUT2D eigenvalue weighted by Crippen LogP contribution is -2.44. The van der Waals surface area contributed by atoms with E-state index >= 15 is 0 Å². The fourth-order valence-electron chi connectivity index (χ4n) is 2.02. The van der Waals surface area contributed by atoms with Crippen LogP contribution in [0.1, 0.15) is 10.4 Å². The van der Waals surface area contributed by atoms with Crippen LogP contribution in [0.4, 0.5) is 11.4 Å². The standard InChI is InChI=1S/C12H16N2O4/c13-10-5-8(12(16)17)1-2-11(10)14-3-4-18-9(6-14)7-15/h1-2,5,9,15H,3-4,6-7,13H2,(H,16,17). The van der Waals surface area contributed by atoms with Crippen molar-refractivity contribution in [3.8, 4) is 0 Å². The van der Waals surface area contributed by atoms with E-state index in [2.05, 4.69) is 0 Å². The number of carboxylic acids is 1. The summed E-state index contributed by atoms with van der Waals surface area (Å²) >= 11 is 0. The predicted molar refractivity (Wildman–Crippen MR) is 66.9 cm³/mol. The van der Waals surface area contributed by atoms with Crippen LogP contribution in [0.5, 0.6) is 0 Å². The van der Waals surface area contributed by atoms with Crippen LogP contribution in [0.2, 0.25) is 0 Å². The monoisotopic (exact) mass is 252 g/mol. The van der Waals surface area contributed by atoms with Crippen molar-refractivity contribution in [1.82, 2.24) is 0 Å². The second-order valence-corrected chi connectivity index (χ2v) is 4.20. The summed E-state index contributed by atoms with van der Waals surface area (Å²) in [6.07, 6.45) is -0.225. The number of nitrogen functional groups attached to an aromatic ring is 1. The second-order valence-electron chi connectivity index (χ2n) is 4.20. The molecule has 1 atom stereocenters. The SMILES string of the molecule is Nc1cc(C(=O)O)ccc1N1CCOC(CO)C1. The molecule has 0 bridgehead atoms. The first-order valence-corrected chi connectivity index (χ1v) is 5.72. The number of aliphatic hydroxyl groups excluding tert-OH is 1. The third-order valence-corrected chi connectivity index (χ3v) is 2.96. The number of aliphatic hydroxyl groups is 1. The molecule has 6 nitrogen and oxygen atoms in total. The Kier molecular flexibility index (Phi) is 3.69. The third kappa shape index (κ3) is 2.55. The number of morpholine rings is 1. The van der Waals surface area contributed by atoms with E-state index in [0.717, 1.165) is 5.69 Å². The molecule has 0 aliphatic carbocycles. The van der Waals surface area contributed by atoms with Crippen molar-refractivity contribution < 1.29 is 19.7 Å². The van der Waals surface area contributed by atoms with Crippen molar-refractivity contribution >= 4 is 17.3 Å². The minimum absolute atomic E-state index is 0.0381. The van der Waals surface area contributed by atoms with Gasteiger partial charge in [-0.3, -0.25) is 0 Å². The first-order chi connectivity index (χ1) is 8.61. The summed E-state index contributed by atoms with van der Waals surface area (Å²) in [6, 6.07) is 4.66. The Labute approximate surface area is 105 Å². The molecule has 1 aromatic rings. The van der Waals surface area contributed by atoms with Crippen LogP contribution in [0.25, 0.3) is 0 Å². The van der Waals surface area contributed by atoms with Gasteiger partial charge in [-0.15, -0.1) is 0 Å². The third-order valence-electron chi connectivity index (χ3n) is 2.96. The summed E-state index contributed by atoms with van der Waals surface area (Å²) in [5.74, 6) is -0.997. The van der Waals surface area contributed by atoms with Gasteiger partial charge in [-0.25, -0.2) is 4.79 Å². The normalized spacial score (nSPS) is 19.8. The summed E-state index contributed by atoms with van der Waals surface area (Å²) in [7, 11) is 0. The quantitative estimate of drug-likeness (QED) is 0.663. The van der Waals surface area contributed by atoms with Crippen LogP contribution >= 0.6 is 0 Å². The zero-order valence-corrected chi connectivity index (χ0v) is 9.87. The molecule has 1 aliphatic heterocycles. The molecule has 18 heavy (non-hydrogen) atoms.